The Kier molecular flexibility index (Phi) is 6.17. The standard InChI is InChI=1S/C20H17ClN2O5S/c1-14(15-6-3-2-4-7-15)22-29(26,27)17-12-10-16(11-13-17)28-20-18(21)8-5-9-19(20)23(24)25/h2-14,22H,1H3/t14-/m0/s1. The Labute approximate surface area is 173 Å². The Morgan fingerprint density at radius 2 is 1.66 bits per heavy atom. The van der Waals surface area contributed by atoms with Crippen LogP contribution in [-0.2, 0) is 10.0 Å². The second-order valence-corrected chi connectivity index (χ2v) is 8.29. The number of nitrogens with zero attached hydrogens (tertiary/aromatic N) is 1. The minimum atomic E-state index is -3.77. The molecule has 0 saturated heterocycles. The van der Waals surface area contributed by atoms with Crippen molar-refractivity contribution >= 4 is 27.3 Å². The third-order valence-electron chi connectivity index (χ3n) is 4.13. The predicted molar refractivity (Wildman–Crippen MR) is 110 cm³/mol. The lowest BCUT2D eigenvalue weighted by Gasteiger charge is -2.15. The lowest BCUT2D eigenvalue weighted by Crippen LogP contribution is -2.26. The fourth-order valence-electron chi connectivity index (χ4n) is 2.66. The maximum Gasteiger partial charge on any atom is 0.313 e. The molecule has 150 valence electrons. The predicted octanol–water partition coefficient (Wildman–Crippen LogP) is 5.08. The Morgan fingerprint density at radius 3 is 2.28 bits per heavy atom. The number of sulfonamides is 1. The molecule has 3 rings (SSSR count). The van der Waals surface area contributed by atoms with E-state index in [2.05, 4.69) is 4.72 Å². The number of halogens is 1. The molecule has 0 spiro atoms. The van der Waals surface area contributed by atoms with Crippen LogP contribution in [0.4, 0.5) is 5.69 Å². The van der Waals surface area contributed by atoms with E-state index in [0.717, 1.165) is 5.56 Å². The smallest absolute Gasteiger partial charge is 0.313 e. The van der Waals surface area contributed by atoms with E-state index in [-0.39, 0.29) is 27.1 Å². The molecule has 1 N–H and O–H groups in total. The van der Waals surface area contributed by atoms with Crippen LogP contribution in [0.15, 0.2) is 77.7 Å². The van der Waals surface area contributed by atoms with E-state index in [4.69, 9.17) is 16.3 Å². The molecule has 0 unspecified atom stereocenters. The molecular formula is C20H17ClN2O5S. The number of nitrogens with one attached hydrogen (secondary N) is 1. The molecule has 1 atom stereocenters. The van der Waals surface area contributed by atoms with Gasteiger partial charge in [0.25, 0.3) is 0 Å². The molecule has 0 amide bonds. The SMILES string of the molecule is C[C@H](NS(=O)(=O)c1ccc(Oc2c(Cl)cccc2[N+](=O)[O-])cc1)c1ccccc1. The maximum absolute atomic E-state index is 12.6. The Morgan fingerprint density at radius 1 is 1.00 bits per heavy atom. The van der Waals surface area contributed by atoms with Crippen molar-refractivity contribution in [3.63, 3.8) is 0 Å². The van der Waals surface area contributed by atoms with Crippen LogP contribution in [0, 0.1) is 10.1 Å². The molecule has 0 aliphatic rings. The number of rotatable bonds is 7. The molecular weight excluding hydrogens is 416 g/mol. The van der Waals surface area contributed by atoms with Gasteiger partial charge in [-0.3, -0.25) is 10.1 Å². The van der Waals surface area contributed by atoms with Crippen LogP contribution in [0.1, 0.15) is 18.5 Å². The van der Waals surface area contributed by atoms with Gasteiger partial charge in [0.2, 0.25) is 15.8 Å². The van der Waals surface area contributed by atoms with Gasteiger partial charge in [-0.2, -0.15) is 0 Å². The summed E-state index contributed by atoms with van der Waals surface area (Å²) in [5.41, 5.74) is 0.551. The molecule has 9 heteroatoms. The number of hydrogen-bond donors (Lipinski definition) is 1. The summed E-state index contributed by atoms with van der Waals surface area (Å²) in [6, 6.07) is 18.5. The highest BCUT2D eigenvalue weighted by atomic mass is 35.5. The number of para-hydroxylation sites is 1. The second-order valence-electron chi connectivity index (χ2n) is 6.17. The quantitative estimate of drug-likeness (QED) is 0.414. The van der Waals surface area contributed by atoms with Crippen molar-refractivity contribution in [1.82, 2.24) is 4.72 Å². The molecule has 0 saturated carbocycles. The molecule has 7 nitrogen and oxygen atoms in total. The van der Waals surface area contributed by atoms with Crippen LogP contribution in [0.2, 0.25) is 5.02 Å². The molecule has 0 aromatic heterocycles. The van der Waals surface area contributed by atoms with Gasteiger partial charge >= 0.3 is 5.69 Å². The van der Waals surface area contributed by atoms with Crippen LogP contribution >= 0.6 is 11.6 Å². The highest BCUT2D eigenvalue weighted by molar-refractivity contribution is 7.89. The highest BCUT2D eigenvalue weighted by Crippen LogP contribution is 2.37. The largest absolute Gasteiger partial charge is 0.449 e. The van der Waals surface area contributed by atoms with E-state index in [9.17, 15) is 18.5 Å². The van der Waals surface area contributed by atoms with E-state index in [1.807, 2.05) is 30.3 Å². The zero-order valence-electron chi connectivity index (χ0n) is 15.3. The van der Waals surface area contributed by atoms with Crippen molar-refractivity contribution in [3.8, 4) is 11.5 Å². The summed E-state index contributed by atoms with van der Waals surface area (Å²) in [4.78, 5) is 10.6. The van der Waals surface area contributed by atoms with Crippen LogP contribution in [0.5, 0.6) is 11.5 Å². The third kappa shape index (κ3) is 4.92. The third-order valence-corrected chi connectivity index (χ3v) is 5.98. The second kappa shape index (κ2) is 8.60. The van der Waals surface area contributed by atoms with Crippen molar-refractivity contribution < 1.29 is 18.1 Å². The lowest BCUT2D eigenvalue weighted by molar-refractivity contribution is -0.385. The zero-order valence-corrected chi connectivity index (χ0v) is 16.9. The molecule has 3 aromatic rings. The molecule has 0 aliphatic carbocycles. The van der Waals surface area contributed by atoms with E-state index in [1.54, 1.807) is 6.92 Å². The maximum atomic E-state index is 12.6. The van der Waals surface area contributed by atoms with Gasteiger partial charge in [-0.05, 0) is 42.8 Å². The molecule has 0 radical (unpaired) electrons. The lowest BCUT2D eigenvalue weighted by atomic mass is 10.1. The fourth-order valence-corrected chi connectivity index (χ4v) is 4.10. The molecule has 0 aliphatic heterocycles. The summed E-state index contributed by atoms with van der Waals surface area (Å²) >= 11 is 6.01. The Balaban J connectivity index is 1.79. The summed E-state index contributed by atoms with van der Waals surface area (Å²) in [7, 11) is -3.77. The zero-order chi connectivity index (χ0) is 21.0. The van der Waals surface area contributed by atoms with Gasteiger partial charge in [-0.1, -0.05) is 48.0 Å². The molecule has 0 bridgehead atoms. The van der Waals surface area contributed by atoms with E-state index >= 15 is 0 Å². The van der Waals surface area contributed by atoms with E-state index in [1.165, 1.54) is 42.5 Å². The van der Waals surface area contributed by atoms with Crippen molar-refractivity contribution in [3.05, 3.63) is 93.5 Å². The van der Waals surface area contributed by atoms with Crippen molar-refractivity contribution in [2.75, 3.05) is 0 Å². The van der Waals surface area contributed by atoms with Gasteiger partial charge in [0.1, 0.15) is 5.75 Å². The van der Waals surface area contributed by atoms with Crippen molar-refractivity contribution in [2.24, 2.45) is 0 Å². The summed E-state index contributed by atoms with van der Waals surface area (Å²) < 4.78 is 33.4. The number of nitro groups is 1. The first-order chi connectivity index (χ1) is 13.8. The first-order valence-electron chi connectivity index (χ1n) is 8.56. The summed E-state index contributed by atoms with van der Waals surface area (Å²) in [5, 5.41) is 11.2. The van der Waals surface area contributed by atoms with Crippen molar-refractivity contribution in [1.29, 1.82) is 0 Å². The van der Waals surface area contributed by atoms with Crippen LogP contribution < -0.4 is 9.46 Å². The molecule has 0 fully saturated rings. The monoisotopic (exact) mass is 432 g/mol. The van der Waals surface area contributed by atoms with Crippen LogP contribution in [-0.4, -0.2) is 13.3 Å². The van der Waals surface area contributed by atoms with Gasteiger partial charge in [0, 0.05) is 12.1 Å². The first kappa shape index (κ1) is 20.8. The van der Waals surface area contributed by atoms with Gasteiger partial charge in [-0.25, -0.2) is 13.1 Å². The van der Waals surface area contributed by atoms with Crippen LogP contribution in [0.3, 0.4) is 0 Å². The Bertz CT molecular complexity index is 1120. The normalized spacial score (nSPS) is 12.3. The van der Waals surface area contributed by atoms with Crippen molar-refractivity contribution in [2.45, 2.75) is 17.9 Å². The number of ether oxygens (including phenoxy) is 1. The summed E-state index contributed by atoms with van der Waals surface area (Å²) in [5.74, 6) is 0.113. The van der Waals surface area contributed by atoms with E-state index < -0.39 is 21.0 Å². The summed E-state index contributed by atoms with van der Waals surface area (Å²) in [6.07, 6.45) is 0. The summed E-state index contributed by atoms with van der Waals surface area (Å²) in [6.45, 7) is 1.75. The highest BCUT2D eigenvalue weighted by Gasteiger charge is 2.21. The number of hydrogen-bond acceptors (Lipinski definition) is 5. The van der Waals surface area contributed by atoms with E-state index in [0.29, 0.717) is 0 Å². The van der Waals surface area contributed by atoms with Crippen LogP contribution in [0.25, 0.3) is 0 Å². The Hall–Kier alpha value is -2.94. The molecule has 0 heterocycles. The average Bonchev–Trinajstić information content (AvgIpc) is 2.70. The van der Waals surface area contributed by atoms with Gasteiger partial charge in [-0.15, -0.1) is 0 Å². The number of nitro benzene ring substituents is 1. The number of benzene rings is 3. The van der Waals surface area contributed by atoms with Gasteiger partial charge in [0.05, 0.1) is 14.8 Å². The average molecular weight is 433 g/mol. The molecule has 3 aromatic carbocycles. The molecule has 29 heavy (non-hydrogen) atoms. The minimum absolute atomic E-state index is 0.0429. The van der Waals surface area contributed by atoms with Gasteiger partial charge < -0.3 is 4.74 Å². The minimum Gasteiger partial charge on any atom is -0.449 e. The topological polar surface area (TPSA) is 98.5 Å². The first-order valence-corrected chi connectivity index (χ1v) is 10.4. The van der Waals surface area contributed by atoms with Gasteiger partial charge in [0.15, 0.2) is 0 Å². The fraction of sp³-hybridized carbons (Fsp3) is 0.100.